The van der Waals surface area contributed by atoms with Gasteiger partial charge in [-0.2, -0.15) is 5.10 Å². The number of likely N-dealkylation sites (tertiary alicyclic amines) is 1. The zero-order valence-corrected chi connectivity index (χ0v) is 9.93. The SMILES string of the molecule is O=C(c1cccn2c(=O)[nH]nc12)N1CCCCC1. The van der Waals surface area contributed by atoms with Crippen LogP contribution in [-0.4, -0.2) is 38.5 Å². The molecule has 0 saturated carbocycles. The van der Waals surface area contributed by atoms with Gasteiger partial charge in [0.25, 0.3) is 5.91 Å². The van der Waals surface area contributed by atoms with Gasteiger partial charge in [0.15, 0.2) is 5.65 Å². The van der Waals surface area contributed by atoms with Crippen molar-refractivity contribution in [3.8, 4) is 0 Å². The van der Waals surface area contributed by atoms with E-state index in [1.54, 1.807) is 18.3 Å². The molecule has 3 rings (SSSR count). The van der Waals surface area contributed by atoms with Gasteiger partial charge in [-0.15, -0.1) is 0 Å². The summed E-state index contributed by atoms with van der Waals surface area (Å²) in [6.45, 7) is 1.57. The molecule has 0 unspecified atom stereocenters. The highest BCUT2D eigenvalue weighted by atomic mass is 16.2. The summed E-state index contributed by atoms with van der Waals surface area (Å²) in [4.78, 5) is 25.7. The van der Waals surface area contributed by atoms with Gasteiger partial charge in [-0.05, 0) is 31.4 Å². The molecule has 1 aliphatic rings. The van der Waals surface area contributed by atoms with E-state index in [9.17, 15) is 9.59 Å². The Morgan fingerprint density at radius 2 is 2.06 bits per heavy atom. The fourth-order valence-corrected chi connectivity index (χ4v) is 2.37. The van der Waals surface area contributed by atoms with Crippen LogP contribution in [0.25, 0.3) is 5.65 Å². The lowest BCUT2D eigenvalue weighted by atomic mass is 10.1. The maximum atomic E-state index is 12.4. The molecule has 1 amide bonds. The van der Waals surface area contributed by atoms with E-state index in [2.05, 4.69) is 10.2 Å². The number of carbonyl (C=O) groups is 1. The molecule has 3 heterocycles. The molecule has 0 bridgehead atoms. The van der Waals surface area contributed by atoms with Crippen molar-refractivity contribution in [3.63, 3.8) is 0 Å². The lowest BCUT2D eigenvalue weighted by Crippen LogP contribution is -2.35. The van der Waals surface area contributed by atoms with Gasteiger partial charge in [0.2, 0.25) is 0 Å². The van der Waals surface area contributed by atoms with E-state index in [0.29, 0.717) is 11.2 Å². The summed E-state index contributed by atoms with van der Waals surface area (Å²) in [5.74, 6) is -0.0423. The maximum Gasteiger partial charge on any atom is 0.347 e. The first kappa shape index (κ1) is 11.0. The fourth-order valence-electron chi connectivity index (χ4n) is 2.37. The highest BCUT2D eigenvalue weighted by molar-refractivity contribution is 5.99. The van der Waals surface area contributed by atoms with Crippen molar-refractivity contribution in [2.75, 3.05) is 13.1 Å². The summed E-state index contributed by atoms with van der Waals surface area (Å²) < 4.78 is 1.36. The Kier molecular flexibility index (Phi) is 2.62. The van der Waals surface area contributed by atoms with E-state index >= 15 is 0 Å². The molecule has 1 fully saturated rings. The Morgan fingerprint density at radius 3 is 2.83 bits per heavy atom. The Bertz CT molecular complexity index is 637. The highest BCUT2D eigenvalue weighted by Gasteiger charge is 2.21. The summed E-state index contributed by atoms with van der Waals surface area (Å²) in [6, 6.07) is 3.41. The molecule has 6 heteroatoms. The van der Waals surface area contributed by atoms with Crippen LogP contribution in [0.1, 0.15) is 29.6 Å². The normalized spacial score (nSPS) is 16.1. The summed E-state index contributed by atoms with van der Waals surface area (Å²) in [7, 11) is 0. The number of aromatic nitrogens is 3. The van der Waals surface area contributed by atoms with Crippen LogP contribution in [0.5, 0.6) is 0 Å². The van der Waals surface area contributed by atoms with Crippen molar-refractivity contribution in [2.24, 2.45) is 0 Å². The molecule has 1 N–H and O–H groups in total. The molecule has 0 aliphatic carbocycles. The fraction of sp³-hybridized carbons (Fsp3) is 0.417. The first-order valence-electron chi connectivity index (χ1n) is 6.12. The second kappa shape index (κ2) is 4.29. The lowest BCUT2D eigenvalue weighted by Gasteiger charge is -2.26. The Labute approximate surface area is 103 Å². The Morgan fingerprint density at radius 1 is 1.28 bits per heavy atom. The summed E-state index contributed by atoms with van der Waals surface area (Å²) in [5, 5.41) is 6.27. The minimum absolute atomic E-state index is 0.0423. The number of hydrogen-bond acceptors (Lipinski definition) is 3. The van der Waals surface area contributed by atoms with Gasteiger partial charge in [-0.3, -0.25) is 4.79 Å². The van der Waals surface area contributed by atoms with Gasteiger partial charge in [0.1, 0.15) is 0 Å². The largest absolute Gasteiger partial charge is 0.347 e. The maximum absolute atomic E-state index is 12.4. The molecule has 0 atom stereocenters. The molecule has 6 nitrogen and oxygen atoms in total. The molecule has 0 aromatic carbocycles. The van der Waals surface area contributed by atoms with Crippen LogP contribution < -0.4 is 5.69 Å². The highest BCUT2D eigenvalue weighted by Crippen LogP contribution is 2.15. The summed E-state index contributed by atoms with van der Waals surface area (Å²) in [5.41, 5.74) is 0.564. The van der Waals surface area contributed by atoms with Crippen molar-refractivity contribution < 1.29 is 4.79 Å². The molecular weight excluding hydrogens is 232 g/mol. The standard InChI is InChI=1S/C12H14N4O2/c17-11(15-6-2-1-3-7-15)9-5-4-8-16-10(9)13-14-12(16)18/h4-5,8H,1-3,6-7H2,(H,14,18). The predicted octanol–water partition coefficient (Wildman–Crippen LogP) is 0.649. The number of piperidine rings is 1. The molecule has 94 valence electrons. The second-order valence-electron chi connectivity index (χ2n) is 4.50. The number of rotatable bonds is 1. The molecule has 18 heavy (non-hydrogen) atoms. The number of carbonyl (C=O) groups excluding carboxylic acids is 1. The third kappa shape index (κ3) is 1.70. The minimum atomic E-state index is -0.321. The van der Waals surface area contributed by atoms with E-state index in [1.807, 2.05) is 4.90 Å². The average Bonchev–Trinajstić information content (AvgIpc) is 2.81. The van der Waals surface area contributed by atoms with Crippen LogP contribution in [0.4, 0.5) is 0 Å². The van der Waals surface area contributed by atoms with Crippen molar-refractivity contribution >= 4 is 11.6 Å². The molecular formula is C12H14N4O2. The summed E-state index contributed by atoms with van der Waals surface area (Å²) >= 11 is 0. The van der Waals surface area contributed by atoms with E-state index in [1.165, 1.54) is 10.8 Å². The first-order chi connectivity index (χ1) is 8.77. The van der Waals surface area contributed by atoms with Gasteiger partial charge >= 0.3 is 5.69 Å². The van der Waals surface area contributed by atoms with Crippen molar-refractivity contribution in [1.29, 1.82) is 0 Å². The number of aromatic amines is 1. The third-order valence-corrected chi connectivity index (χ3v) is 3.32. The molecule has 2 aromatic rings. The van der Waals surface area contributed by atoms with Gasteiger partial charge in [-0.1, -0.05) is 0 Å². The van der Waals surface area contributed by atoms with Gasteiger partial charge in [0, 0.05) is 19.3 Å². The quantitative estimate of drug-likeness (QED) is 0.803. The van der Waals surface area contributed by atoms with Gasteiger partial charge < -0.3 is 4.90 Å². The zero-order valence-electron chi connectivity index (χ0n) is 9.93. The average molecular weight is 246 g/mol. The zero-order chi connectivity index (χ0) is 12.5. The second-order valence-corrected chi connectivity index (χ2v) is 4.50. The van der Waals surface area contributed by atoms with E-state index in [4.69, 9.17) is 0 Å². The number of fused-ring (bicyclic) bond motifs is 1. The Balaban J connectivity index is 2.03. The molecule has 0 radical (unpaired) electrons. The number of nitrogens with zero attached hydrogens (tertiary/aromatic N) is 3. The van der Waals surface area contributed by atoms with Crippen LogP contribution in [-0.2, 0) is 0 Å². The topological polar surface area (TPSA) is 70.5 Å². The number of nitrogens with one attached hydrogen (secondary N) is 1. The van der Waals surface area contributed by atoms with Crippen LogP contribution in [0.15, 0.2) is 23.1 Å². The van der Waals surface area contributed by atoms with E-state index < -0.39 is 0 Å². The minimum Gasteiger partial charge on any atom is -0.339 e. The lowest BCUT2D eigenvalue weighted by molar-refractivity contribution is 0.0725. The van der Waals surface area contributed by atoms with Crippen LogP contribution >= 0.6 is 0 Å². The van der Waals surface area contributed by atoms with Gasteiger partial charge in [-0.25, -0.2) is 14.3 Å². The molecule has 2 aromatic heterocycles. The van der Waals surface area contributed by atoms with Crippen LogP contribution in [0, 0.1) is 0 Å². The molecule has 0 spiro atoms. The first-order valence-corrected chi connectivity index (χ1v) is 6.12. The number of pyridine rings is 1. The van der Waals surface area contributed by atoms with E-state index in [-0.39, 0.29) is 11.6 Å². The summed E-state index contributed by atoms with van der Waals surface area (Å²) in [6.07, 6.45) is 4.87. The van der Waals surface area contributed by atoms with Crippen molar-refractivity contribution in [3.05, 3.63) is 34.4 Å². The molecule has 1 aliphatic heterocycles. The van der Waals surface area contributed by atoms with Crippen LogP contribution in [0.3, 0.4) is 0 Å². The smallest absolute Gasteiger partial charge is 0.339 e. The van der Waals surface area contributed by atoms with Gasteiger partial charge in [0.05, 0.1) is 5.56 Å². The number of amides is 1. The van der Waals surface area contributed by atoms with Crippen LogP contribution in [0.2, 0.25) is 0 Å². The molecule has 1 saturated heterocycles. The Hall–Kier alpha value is -2.11. The van der Waals surface area contributed by atoms with E-state index in [0.717, 1.165) is 25.9 Å². The monoisotopic (exact) mass is 246 g/mol. The number of hydrogen-bond donors (Lipinski definition) is 1. The third-order valence-electron chi connectivity index (χ3n) is 3.32. The van der Waals surface area contributed by atoms with Crippen molar-refractivity contribution in [1.82, 2.24) is 19.5 Å². The number of H-pyrrole nitrogens is 1. The predicted molar refractivity (Wildman–Crippen MR) is 65.6 cm³/mol. The van der Waals surface area contributed by atoms with Crippen molar-refractivity contribution in [2.45, 2.75) is 19.3 Å².